The Kier molecular flexibility index (Phi) is 3.56. The van der Waals surface area contributed by atoms with Gasteiger partial charge < -0.3 is 9.73 Å². The van der Waals surface area contributed by atoms with Crippen molar-refractivity contribution in [1.82, 2.24) is 24.8 Å². The van der Waals surface area contributed by atoms with Crippen molar-refractivity contribution in [2.75, 3.05) is 13.1 Å². The van der Waals surface area contributed by atoms with Crippen LogP contribution >= 0.6 is 0 Å². The molecule has 2 unspecified atom stereocenters. The van der Waals surface area contributed by atoms with Gasteiger partial charge in [0.15, 0.2) is 0 Å². The molecule has 1 amide bonds. The second kappa shape index (κ2) is 5.95. The maximum absolute atomic E-state index is 12.8. The van der Waals surface area contributed by atoms with Crippen molar-refractivity contribution in [3.05, 3.63) is 42.7 Å². The molecule has 2 bridgehead atoms. The van der Waals surface area contributed by atoms with Crippen LogP contribution in [0.1, 0.15) is 30.3 Å². The van der Waals surface area contributed by atoms with E-state index in [1.165, 1.54) is 0 Å². The second-order valence-electron chi connectivity index (χ2n) is 7.28. The summed E-state index contributed by atoms with van der Waals surface area (Å²) in [6.45, 7) is 4.49. The minimum atomic E-state index is -0.127. The van der Waals surface area contributed by atoms with Gasteiger partial charge in [-0.25, -0.2) is 4.98 Å². The summed E-state index contributed by atoms with van der Waals surface area (Å²) in [5.74, 6) is 1.10. The first-order valence-corrected chi connectivity index (χ1v) is 9.12. The Morgan fingerprint density at radius 3 is 2.88 bits per heavy atom. The number of fused-ring (bicyclic) bond motifs is 4. The van der Waals surface area contributed by atoms with E-state index in [1.54, 1.807) is 29.4 Å². The zero-order valence-corrected chi connectivity index (χ0v) is 14.6. The Balaban J connectivity index is 1.39. The third kappa shape index (κ3) is 2.50. The largest absolute Gasteiger partial charge is 0.440 e. The second-order valence-corrected chi connectivity index (χ2v) is 7.28. The van der Waals surface area contributed by atoms with Gasteiger partial charge >= 0.3 is 0 Å². The number of nitrogens with one attached hydrogen (secondary N) is 1. The van der Waals surface area contributed by atoms with Crippen LogP contribution in [0.3, 0.4) is 0 Å². The fraction of sp³-hybridized carbons (Fsp3) is 0.421. The van der Waals surface area contributed by atoms with Gasteiger partial charge in [-0.3, -0.25) is 19.2 Å². The van der Waals surface area contributed by atoms with E-state index < -0.39 is 0 Å². The van der Waals surface area contributed by atoms with E-state index in [9.17, 15) is 4.79 Å². The number of rotatable bonds is 3. The fourth-order valence-electron chi connectivity index (χ4n) is 4.33. The van der Waals surface area contributed by atoms with E-state index in [4.69, 9.17) is 4.42 Å². The van der Waals surface area contributed by atoms with Crippen LogP contribution in [0, 0.1) is 5.92 Å². The molecule has 3 aromatic rings. The normalized spacial score (nSPS) is 27.7. The Hall–Kier alpha value is -2.67. The number of pyridine rings is 1. The number of carbonyl (C=O) groups excluding carboxylic acids is 1. The van der Waals surface area contributed by atoms with Crippen LogP contribution in [0.25, 0.3) is 16.9 Å². The molecule has 26 heavy (non-hydrogen) atoms. The Morgan fingerprint density at radius 2 is 2.15 bits per heavy atom. The molecule has 2 atom stereocenters. The molecule has 3 fully saturated rings. The van der Waals surface area contributed by atoms with Crippen LogP contribution in [0.2, 0.25) is 0 Å². The van der Waals surface area contributed by atoms with Crippen LogP contribution in [0.4, 0.5) is 0 Å². The average Bonchev–Trinajstić information content (AvgIpc) is 3.33. The molecule has 0 aromatic carbocycles. The first-order chi connectivity index (χ1) is 12.7. The highest BCUT2D eigenvalue weighted by Gasteiger charge is 2.40. The first kappa shape index (κ1) is 15.6. The Bertz CT molecular complexity index is 938. The molecule has 134 valence electrons. The molecule has 3 aromatic heterocycles. The van der Waals surface area contributed by atoms with E-state index in [0.29, 0.717) is 29.1 Å². The quantitative estimate of drug-likeness (QED) is 0.783. The van der Waals surface area contributed by atoms with Crippen LogP contribution < -0.4 is 5.32 Å². The summed E-state index contributed by atoms with van der Waals surface area (Å²) in [6.07, 6.45) is 9.19. The molecular weight excluding hydrogens is 330 g/mol. The predicted octanol–water partition coefficient (Wildman–Crippen LogP) is 2.23. The van der Waals surface area contributed by atoms with Gasteiger partial charge in [0.05, 0.1) is 0 Å². The summed E-state index contributed by atoms with van der Waals surface area (Å²) >= 11 is 0. The highest BCUT2D eigenvalue weighted by Crippen LogP contribution is 2.32. The minimum Gasteiger partial charge on any atom is -0.440 e. The first-order valence-electron chi connectivity index (χ1n) is 9.12. The van der Waals surface area contributed by atoms with Gasteiger partial charge in [-0.1, -0.05) is 0 Å². The number of hydrogen-bond donors (Lipinski definition) is 1. The van der Waals surface area contributed by atoms with Crippen molar-refractivity contribution < 1.29 is 9.21 Å². The van der Waals surface area contributed by atoms with Crippen LogP contribution in [0.15, 0.2) is 41.5 Å². The number of piperidine rings is 3. The molecule has 7 heteroatoms. The van der Waals surface area contributed by atoms with Gasteiger partial charge in [0.2, 0.25) is 5.88 Å². The Morgan fingerprint density at radius 1 is 1.31 bits per heavy atom. The van der Waals surface area contributed by atoms with Crippen molar-refractivity contribution in [3.63, 3.8) is 0 Å². The lowest BCUT2D eigenvalue weighted by atomic mass is 9.79. The van der Waals surface area contributed by atoms with Crippen molar-refractivity contribution in [1.29, 1.82) is 0 Å². The maximum Gasteiger partial charge on any atom is 0.270 e. The molecule has 3 saturated heterocycles. The molecule has 0 aliphatic carbocycles. The van der Waals surface area contributed by atoms with Crippen molar-refractivity contribution in [2.24, 2.45) is 5.92 Å². The zero-order chi connectivity index (χ0) is 17.7. The van der Waals surface area contributed by atoms with E-state index in [1.807, 2.05) is 12.3 Å². The molecule has 3 aliphatic heterocycles. The van der Waals surface area contributed by atoms with Crippen molar-refractivity contribution >= 4 is 16.9 Å². The number of nitrogens with zero attached hydrogens (tertiary/aromatic N) is 4. The van der Waals surface area contributed by atoms with E-state index in [-0.39, 0.29) is 11.9 Å². The van der Waals surface area contributed by atoms with Gasteiger partial charge in [0.25, 0.3) is 5.91 Å². The lowest BCUT2D eigenvalue weighted by molar-refractivity contribution is 0.0216. The Labute approximate surface area is 151 Å². The molecule has 6 rings (SSSR count). The topological polar surface area (TPSA) is 76.2 Å². The number of furan rings is 1. The molecule has 6 heterocycles. The standard InChI is InChI=1S/C19H21N5O2/c1-12-18(13-2-5-23(12)6-3-13)22-19(25)15-9-16-14(10-21-15)8-17(26-16)24-7-4-20-11-24/h4,7-13,18H,2-3,5-6H2,1H3,(H,22,25). The summed E-state index contributed by atoms with van der Waals surface area (Å²) in [4.78, 5) is 23.6. The van der Waals surface area contributed by atoms with E-state index in [2.05, 4.69) is 27.1 Å². The molecule has 0 saturated carbocycles. The van der Waals surface area contributed by atoms with Crippen molar-refractivity contribution in [3.8, 4) is 5.88 Å². The van der Waals surface area contributed by atoms with Gasteiger partial charge in [-0.2, -0.15) is 0 Å². The van der Waals surface area contributed by atoms with Gasteiger partial charge in [-0.15, -0.1) is 0 Å². The summed E-state index contributed by atoms with van der Waals surface area (Å²) < 4.78 is 7.64. The molecule has 3 aliphatic rings. The zero-order valence-electron chi connectivity index (χ0n) is 14.6. The monoisotopic (exact) mass is 351 g/mol. The maximum atomic E-state index is 12.8. The smallest absolute Gasteiger partial charge is 0.270 e. The van der Waals surface area contributed by atoms with Gasteiger partial charge in [-0.05, 0) is 38.8 Å². The fourth-order valence-corrected chi connectivity index (χ4v) is 4.33. The number of carbonyl (C=O) groups is 1. The van der Waals surface area contributed by atoms with Gasteiger partial charge in [0, 0.05) is 48.2 Å². The molecular formula is C19H21N5O2. The summed E-state index contributed by atoms with van der Waals surface area (Å²) in [5, 5.41) is 4.08. The van der Waals surface area contributed by atoms with E-state index >= 15 is 0 Å². The highest BCUT2D eigenvalue weighted by atomic mass is 16.4. The van der Waals surface area contributed by atoms with E-state index in [0.717, 1.165) is 31.3 Å². The minimum absolute atomic E-state index is 0.127. The SMILES string of the molecule is CC1C(NC(=O)c2cc3oc(-n4ccnc4)cc3cn2)C2CCN1CC2. The third-order valence-electron chi connectivity index (χ3n) is 5.86. The third-order valence-corrected chi connectivity index (χ3v) is 5.86. The lowest BCUT2D eigenvalue weighted by Crippen LogP contribution is -2.62. The van der Waals surface area contributed by atoms with Crippen LogP contribution in [0.5, 0.6) is 0 Å². The van der Waals surface area contributed by atoms with Crippen LogP contribution in [-0.4, -0.2) is 50.5 Å². The predicted molar refractivity (Wildman–Crippen MR) is 96.1 cm³/mol. The van der Waals surface area contributed by atoms with Crippen LogP contribution in [-0.2, 0) is 0 Å². The molecule has 0 spiro atoms. The number of amides is 1. The average molecular weight is 351 g/mol. The number of aromatic nitrogens is 3. The van der Waals surface area contributed by atoms with Gasteiger partial charge in [0.1, 0.15) is 17.6 Å². The molecule has 0 radical (unpaired) electrons. The number of imidazole rings is 1. The summed E-state index contributed by atoms with van der Waals surface area (Å²) in [6, 6.07) is 4.19. The molecule has 1 N–H and O–H groups in total. The highest BCUT2D eigenvalue weighted by molar-refractivity contribution is 5.95. The number of hydrogen-bond acceptors (Lipinski definition) is 5. The molecule has 7 nitrogen and oxygen atoms in total. The summed E-state index contributed by atoms with van der Waals surface area (Å²) in [5.41, 5.74) is 1.04. The van der Waals surface area contributed by atoms with Crippen molar-refractivity contribution in [2.45, 2.75) is 31.8 Å². The lowest BCUT2D eigenvalue weighted by Gasteiger charge is -2.49. The summed E-state index contributed by atoms with van der Waals surface area (Å²) in [7, 11) is 0.